The van der Waals surface area contributed by atoms with E-state index in [1.165, 1.54) is 12.1 Å². The summed E-state index contributed by atoms with van der Waals surface area (Å²) in [5, 5.41) is 2.35. The van der Waals surface area contributed by atoms with Crippen LogP contribution in [0.25, 0.3) is 0 Å². The van der Waals surface area contributed by atoms with Gasteiger partial charge in [0.2, 0.25) is 5.91 Å². The van der Waals surface area contributed by atoms with Crippen LogP contribution in [0.15, 0.2) is 59.5 Å². The predicted molar refractivity (Wildman–Crippen MR) is 137 cm³/mol. The number of hydrogen-bond acceptors (Lipinski definition) is 3. The van der Waals surface area contributed by atoms with E-state index in [2.05, 4.69) is 5.32 Å². The first-order valence-electron chi connectivity index (χ1n) is 10.8. The Morgan fingerprint density at radius 3 is 2.28 bits per heavy atom. The predicted octanol–water partition coefficient (Wildman–Crippen LogP) is 8.81. The maximum atomic E-state index is 14.2. The van der Waals surface area contributed by atoms with E-state index in [-0.39, 0.29) is 39.5 Å². The minimum absolute atomic E-state index is 0.00221. The van der Waals surface area contributed by atoms with Gasteiger partial charge in [-0.3, -0.25) is 9.59 Å². The molecular formula is C24H16Cl3F7N2O2S. The molecule has 0 spiro atoms. The van der Waals surface area contributed by atoms with Crippen LogP contribution in [-0.2, 0) is 11.2 Å². The van der Waals surface area contributed by atoms with E-state index in [1.54, 1.807) is 0 Å². The molecule has 2 unspecified atom stereocenters. The molecule has 4 rings (SSSR count). The topological polar surface area (TPSA) is 72.2 Å². The van der Waals surface area contributed by atoms with E-state index < -0.39 is 66.7 Å². The fraction of sp³-hybridized carbons (Fsp3) is 0.167. The Morgan fingerprint density at radius 2 is 1.64 bits per heavy atom. The first kappa shape index (κ1) is 29.3. The van der Waals surface area contributed by atoms with Crippen molar-refractivity contribution in [1.29, 1.82) is 0 Å². The monoisotopic (exact) mass is 634 g/mol. The summed E-state index contributed by atoms with van der Waals surface area (Å²) in [6.45, 7) is 0. The van der Waals surface area contributed by atoms with Crippen LogP contribution in [0.3, 0.4) is 0 Å². The third kappa shape index (κ3) is 5.93. The Balaban J connectivity index is 1.54. The normalized spacial score (nSPS) is 20.1. The Morgan fingerprint density at radius 1 is 0.974 bits per heavy atom. The molecule has 1 aliphatic rings. The molecule has 0 aliphatic heterocycles. The number of anilines is 2. The first-order valence-corrected chi connectivity index (χ1v) is 13.9. The number of alkyl halides is 2. The van der Waals surface area contributed by atoms with E-state index in [4.69, 9.17) is 40.5 Å². The van der Waals surface area contributed by atoms with Gasteiger partial charge in [0.1, 0.15) is 20.7 Å². The van der Waals surface area contributed by atoms with Crippen LogP contribution in [0.2, 0.25) is 5.02 Å². The van der Waals surface area contributed by atoms with Crippen molar-refractivity contribution in [3.8, 4) is 0 Å². The second-order valence-electron chi connectivity index (χ2n) is 8.89. The number of halogens is 10. The van der Waals surface area contributed by atoms with Crippen molar-refractivity contribution in [2.45, 2.75) is 21.6 Å². The summed E-state index contributed by atoms with van der Waals surface area (Å²) in [5.41, 5.74) is 3.89. The number of nitrogen functional groups attached to an aromatic ring is 1. The van der Waals surface area contributed by atoms with Gasteiger partial charge in [-0.2, -0.15) is 0 Å². The minimum Gasteiger partial charge on any atom is -0.394 e. The average Bonchev–Trinajstić information content (AvgIpc) is 3.41. The van der Waals surface area contributed by atoms with Crippen molar-refractivity contribution in [2.75, 3.05) is 11.1 Å². The molecule has 15 heteroatoms. The molecule has 0 aromatic heterocycles. The minimum atomic E-state index is -10.00. The molecule has 39 heavy (non-hydrogen) atoms. The lowest BCUT2D eigenvalue weighted by Gasteiger charge is -2.40. The fourth-order valence-electron chi connectivity index (χ4n) is 4.07. The Kier molecular flexibility index (Phi) is 6.70. The van der Waals surface area contributed by atoms with Crippen LogP contribution in [-0.4, -0.2) is 16.0 Å². The van der Waals surface area contributed by atoms with Crippen LogP contribution in [0.5, 0.6) is 0 Å². The maximum absolute atomic E-state index is 14.2. The van der Waals surface area contributed by atoms with Crippen LogP contribution in [0, 0.1) is 17.6 Å². The summed E-state index contributed by atoms with van der Waals surface area (Å²) in [7, 11) is -10.00. The van der Waals surface area contributed by atoms with Gasteiger partial charge in [0.25, 0.3) is 0 Å². The lowest BCUT2D eigenvalue weighted by atomic mass is 10.0. The van der Waals surface area contributed by atoms with Gasteiger partial charge >= 0.3 is 10.2 Å². The summed E-state index contributed by atoms with van der Waals surface area (Å²) in [6, 6.07) is 7.90. The molecule has 0 bridgehead atoms. The van der Waals surface area contributed by atoms with Gasteiger partial charge < -0.3 is 11.1 Å². The van der Waals surface area contributed by atoms with Crippen molar-refractivity contribution >= 4 is 68.1 Å². The van der Waals surface area contributed by atoms with Crippen molar-refractivity contribution < 1.29 is 37.8 Å². The molecule has 1 aliphatic carbocycles. The molecule has 1 amide bonds. The summed E-state index contributed by atoms with van der Waals surface area (Å²) >= 11 is 18.4. The summed E-state index contributed by atoms with van der Waals surface area (Å²) in [4.78, 5) is 23.5. The first-order chi connectivity index (χ1) is 17.7. The van der Waals surface area contributed by atoms with Gasteiger partial charge in [-0.15, -0.1) is 23.2 Å². The maximum Gasteiger partial charge on any atom is 0.310 e. The zero-order valence-electron chi connectivity index (χ0n) is 19.1. The fourth-order valence-corrected chi connectivity index (χ4v) is 5.82. The number of ketones is 1. The average molecular weight is 636 g/mol. The molecule has 4 nitrogen and oxygen atoms in total. The standard InChI is InChI=1S/C24H16Cl3F7N2O2S/c25-16-6-5-13(10-15(16)18(37)9-12-4-7-17(28)22(35)21(12)29)36-23(38)20-19(24(20,26)27)11-2-1-3-14(8-11)39(30,31,32,33)34/h1-8,10,19-20H,9,35H2,(H,36,38). The van der Waals surface area contributed by atoms with E-state index >= 15 is 0 Å². The summed E-state index contributed by atoms with van der Waals surface area (Å²) in [5.74, 6) is -6.27. The number of Topliss-reactive ketones (excluding diaryl/α,β-unsaturated/α-hetero) is 1. The second-order valence-corrected chi connectivity index (χ2v) is 13.2. The molecule has 0 saturated heterocycles. The highest BCUT2D eigenvalue weighted by Gasteiger charge is 2.69. The van der Waals surface area contributed by atoms with Gasteiger partial charge in [0.15, 0.2) is 11.6 Å². The molecule has 3 N–H and O–H groups in total. The number of benzene rings is 3. The van der Waals surface area contributed by atoms with Gasteiger partial charge in [0.05, 0.1) is 10.9 Å². The zero-order chi connectivity index (χ0) is 29.2. The van der Waals surface area contributed by atoms with Gasteiger partial charge in [-0.05, 0) is 47.5 Å². The highest BCUT2D eigenvalue weighted by molar-refractivity contribution is 8.45. The van der Waals surface area contributed by atoms with E-state index in [1.807, 2.05) is 0 Å². The smallest absolute Gasteiger partial charge is 0.310 e. The number of carbonyl (C=O) groups is 2. The second kappa shape index (κ2) is 8.92. The van der Waals surface area contributed by atoms with Gasteiger partial charge in [0, 0.05) is 23.6 Å². The van der Waals surface area contributed by atoms with Crippen LogP contribution in [0.4, 0.5) is 39.6 Å². The molecule has 210 valence electrons. The lowest BCUT2D eigenvalue weighted by molar-refractivity contribution is -0.117. The van der Waals surface area contributed by atoms with Crippen molar-refractivity contribution in [1.82, 2.24) is 0 Å². The van der Waals surface area contributed by atoms with Crippen molar-refractivity contribution in [3.05, 3.63) is 87.9 Å². The SMILES string of the molecule is Nc1c(F)ccc(CC(=O)c2cc(NC(=O)C3C(c4cccc(S(F)(F)(F)(F)F)c4)C3(Cl)Cl)ccc2Cl)c1F. The quantitative estimate of drug-likeness (QED) is 0.118. The molecular weight excluding hydrogens is 620 g/mol. The highest BCUT2D eigenvalue weighted by Crippen LogP contribution is 3.02. The number of nitrogens with two attached hydrogens (primary N) is 1. The molecule has 1 saturated carbocycles. The number of amides is 1. The summed E-state index contributed by atoms with van der Waals surface area (Å²) in [6.07, 6.45) is -0.549. The largest absolute Gasteiger partial charge is 0.394 e. The molecule has 0 radical (unpaired) electrons. The highest BCUT2D eigenvalue weighted by atomic mass is 35.5. The molecule has 3 aromatic rings. The van der Waals surface area contributed by atoms with Gasteiger partial charge in [-0.1, -0.05) is 49.2 Å². The Bertz CT molecular complexity index is 1540. The van der Waals surface area contributed by atoms with Crippen LogP contribution >= 0.6 is 45.0 Å². The zero-order valence-corrected chi connectivity index (χ0v) is 22.2. The Hall–Kier alpha value is -2.67. The number of nitrogens with one attached hydrogen (secondary N) is 1. The third-order valence-electron chi connectivity index (χ3n) is 6.09. The molecule has 2 atom stereocenters. The molecule has 3 aromatic carbocycles. The number of rotatable bonds is 7. The van der Waals surface area contributed by atoms with E-state index in [0.717, 1.165) is 30.3 Å². The van der Waals surface area contributed by atoms with Gasteiger partial charge in [-0.25, -0.2) is 8.78 Å². The van der Waals surface area contributed by atoms with Crippen molar-refractivity contribution in [2.24, 2.45) is 5.92 Å². The van der Waals surface area contributed by atoms with Crippen LogP contribution < -0.4 is 11.1 Å². The number of hydrogen-bond donors (Lipinski definition) is 2. The van der Waals surface area contributed by atoms with Crippen molar-refractivity contribution in [3.63, 3.8) is 0 Å². The Labute approximate surface area is 231 Å². The molecule has 0 heterocycles. The third-order valence-corrected chi connectivity index (χ3v) is 8.51. The summed E-state index contributed by atoms with van der Waals surface area (Å²) < 4.78 is 92.0. The number of carbonyl (C=O) groups excluding carboxylic acids is 2. The van der Waals surface area contributed by atoms with E-state index in [0.29, 0.717) is 0 Å². The lowest BCUT2D eigenvalue weighted by Crippen LogP contribution is -2.17. The molecule has 1 fully saturated rings. The van der Waals surface area contributed by atoms with Crippen LogP contribution in [0.1, 0.15) is 27.4 Å². The van der Waals surface area contributed by atoms with E-state index in [9.17, 15) is 37.8 Å².